The Morgan fingerprint density at radius 3 is 1.56 bits per heavy atom. The lowest BCUT2D eigenvalue weighted by atomic mass is 9.36. The van der Waals surface area contributed by atoms with E-state index in [9.17, 15) is 5.11 Å². The molecular weight excluding hydrogens is 110 g/mol. The molecule has 0 saturated heterocycles. The molecule has 0 aliphatic rings. The van der Waals surface area contributed by atoms with Gasteiger partial charge < -0.3 is 5.11 Å². The second-order valence-electron chi connectivity index (χ2n) is 3.80. The number of hydrogen-bond donors (Lipinski definition) is 1. The van der Waals surface area contributed by atoms with Crippen molar-refractivity contribution in [3.05, 3.63) is 0 Å². The third-order valence-electron chi connectivity index (χ3n) is 2.54. The van der Waals surface area contributed by atoms with E-state index in [4.69, 9.17) is 0 Å². The van der Waals surface area contributed by atoms with Gasteiger partial charge in [0, 0.05) is 0 Å². The topological polar surface area (TPSA) is 20.2 Å². The second kappa shape index (κ2) is 2.37. The monoisotopic (exact) mass is 126 g/mol. The lowest BCUT2D eigenvalue weighted by Crippen LogP contribution is -2.37. The molecular formula is C6H16B2O. The van der Waals surface area contributed by atoms with Gasteiger partial charge in [-0.25, -0.2) is 0 Å². The highest BCUT2D eigenvalue weighted by atomic mass is 16.3. The van der Waals surface area contributed by atoms with Crippen LogP contribution in [0.2, 0.25) is 5.31 Å². The van der Waals surface area contributed by atoms with Crippen LogP contribution >= 0.6 is 0 Å². The normalized spacial score (nSPS) is 13.4. The molecule has 52 valence electrons. The van der Waals surface area contributed by atoms with E-state index in [0.29, 0.717) is 0 Å². The summed E-state index contributed by atoms with van der Waals surface area (Å²) < 4.78 is 0. The maximum absolute atomic E-state index is 9.55. The average molecular weight is 126 g/mol. The zero-order chi connectivity index (χ0) is 7.71. The number of aliphatic hydroxyl groups is 1. The summed E-state index contributed by atoms with van der Waals surface area (Å²) in [4.78, 5) is 0. The summed E-state index contributed by atoms with van der Waals surface area (Å²) in [5, 5.41) is 9.58. The molecule has 3 heteroatoms. The van der Waals surface area contributed by atoms with Crippen LogP contribution in [0.25, 0.3) is 0 Å². The van der Waals surface area contributed by atoms with Crippen LogP contribution in [-0.4, -0.2) is 25.6 Å². The Bertz CT molecular complexity index is 93.7. The minimum Gasteiger partial charge on any atom is -0.391 e. The molecule has 0 aromatic heterocycles. The fraction of sp³-hybridized carbons (Fsp3) is 1.00. The summed E-state index contributed by atoms with van der Waals surface area (Å²) >= 11 is 0. The van der Waals surface area contributed by atoms with E-state index < -0.39 is 5.60 Å². The molecule has 0 bridgehead atoms. The first-order valence-corrected chi connectivity index (χ1v) is 3.53. The molecule has 0 rings (SSSR count). The first kappa shape index (κ1) is 9.09. The zero-order valence-corrected chi connectivity index (χ0v) is 7.15. The third-order valence-corrected chi connectivity index (χ3v) is 2.54. The Hall–Kier alpha value is 0.0899. The summed E-state index contributed by atoms with van der Waals surface area (Å²) in [6.07, 6.45) is 0. The Morgan fingerprint density at radius 1 is 1.22 bits per heavy atom. The molecule has 0 aromatic rings. The van der Waals surface area contributed by atoms with Crippen molar-refractivity contribution in [2.24, 2.45) is 0 Å². The molecule has 0 heterocycles. The van der Waals surface area contributed by atoms with Gasteiger partial charge in [-0.05, 0) is 19.2 Å². The fourth-order valence-corrected chi connectivity index (χ4v) is 0.433. The van der Waals surface area contributed by atoms with Crippen molar-refractivity contribution in [1.29, 1.82) is 0 Å². The van der Waals surface area contributed by atoms with Crippen molar-refractivity contribution >= 4 is 14.9 Å². The van der Waals surface area contributed by atoms with Crippen LogP contribution in [0.5, 0.6) is 0 Å². The highest BCUT2D eigenvalue weighted by molar-refractivity contribution is 6.91. The fourth-order valence-electron chi connectivity index (χ4n) is 0.433. The molecule has 0 amide bonds. The molecule has 0 spiro atoms. The van der Waals surface area contributed by atoms with Gasteiger partial charge in [0.15, 0.2) is 0 Å². The SMILES string of the molecule is BBC(C)(C)C(C)(C)O. The third kappa shape index (κ3) is 2.05. The second-order valence-corrected chi connectivity index (χ2v) is 3.80. The van der Waals surface area contributed by atoms with E-state index >= 15 is 0 Å². The molecule has 0 aromatic carbocycles. The molecule has 0 aliphatic carbocycles. The predicted molar refractivity (Wildman–Crippen MR) is 46.0 cm³/mol. The van der Waals surface area contributed by atoms with E-state index in [2.05, 4.69) is 21.6 Å². The van der Waals surface area contributed by atoms with Crippen molar-refractivity contribution in [3.8, 4) is 0 Å². The van der Waals surface area contributed by atoms with Crippen molar-refractivity contribution in [1.82, 2.24) is 0 Å². The molecule has 0 radical (unpaired) electrons. The van der Waals surface area contributed by atoms with Gasteiger partial charge >= 0.3 is 0 Å². The maximum Gasteiger partial charge on any atom is 0.0929 e. The van der Waals surface area contributed by atoms with Crippen LogP contribution in [0.15, 0.2) is 0 Å². The maximum atomic E-state index is 9.55. The van der Waals surface area contributed by atoms with Gasteiger partial charge in [-0.1, -0.05) is 13.8 Å². The summed E-state index contributed by atoms with van der Waals surface area (Å²) in [5.41, 5.74) is -0.554. The standard InChI is InChI=1S/C6H16B2O/c1-5(2,8-7)6(3,4)9/h8-9H,7H2,1-4H3. The molecule has 9 heavy (non-hydrogen) atoms. The predicted octanol–water partition coefficient (Wildman–Crippen LogP) is -0.0596. The summed E-state index contributed by atoms with van der Waals surface area (Å²) in [6, 6.07) is 0. The van der Waals surface area contributed by atoms with Crippen LogP contribution in [0.1, 0.15) is 27.7 Å². The van der Waals surface area contributed by atoms with E-state index in [0.717, 1.165) is 7.17 Å². The van der Waals surface area contributed by atoms with Crippen molar-refractivity contribution < 1.29 is 5.11 Å². The smallest absolute Gasteiger partial charge is 0.0929 e. The van der Waals surface area contributed by atoms with Crippen molar-refractivity contribution in [2.75, 3.05) is 0 Å². The Balaban J connectivity index is 4.14. The Labute approximate surface area is 59.5 Å². The van der Waals surface area contributed by atoms with E-state index in [-0.39, 0.29) is 5.31 Å². The zero-order valence-electron chi connectivity index (χ0n) is 7.15. The molecule has 1 N–H and O–H groups in total. The Kier molecular flexibility index (Phi) is 2.40. The summed E-state index contributed by atoms with van der Waals surface area (Å²) in [6.45, 7) is 7.87. The van der Waals surface area contributed by atoms with Crippen LogP contribution in [0, 0.1) is 0 Å². The molecule has 0 fully saturated rings. The van der Waals surface area contributed by atoms with Crippen molar-refractivity contribution in [2.45, 2.75) is 38.6 Å². The van der Waals surface area contributed by atoms with Crippen LogP contribution < -0.4 is 0 Å². The van der Waals surface area contributed by atoms with E-state index in [1.54, 1.807) is 0 Å². The highest BCUT2D eigenvalue weighted by Crippen LogP contribution is 2.35. The van der Waals surface area contributed by atoms with E-state index in [1.807, 2.05) is 13.8 Å². The molecule has 0 aliphatic heterocycles. The van der Waals surface area contributed by atoms with Gasteiger partial charge in [-0.15, -0.1) is 0 Å². The quantitative estimate of drug-likeness (QED) is 0.513. The van der Waals surface area contributed by atoms with Crippen LogP contribution in [-0.2, 0) is 0 Å². The van der Waals surface area contributed by atoms with Gasteiger partial charge in [0.05, 0.1) is 20.5 Å². The lowest BCUT2D eigenvalue weighted by molar-refractivity contribution is 0.0414. The Morgan fingerprint density at radius 2 is 1.56 bits per heavy atom. The highest BCUT2D eigenvalue weighted by Gasteiger charge is 2.32. The largest absolute Gasteiger partial charge is 0.391 e. The lowest BCUT2D eigenvalue weighted by Gasteiger charge is -2.36. The van der Waals surface area contributed by atoms with Gasteiger partial charge in [0.2, 0.25) is 0 Å². The van der Waals surface area contributed by atoms with Gasteiger partial charge in [0.1, 0.15) is 0 Å². The first-order valence-electron chi connectivity index (χ1n) is 3.53. The molecule has 0 atom stereocenters. The average Bonchev–Trinajstić information content (AvgIpc) is 1.64. The minimum atomic E-state index is -0.554. The molecule has 0 saturated carbocycles. The number of hydrogen-bond acceptors (Lipinski definition) is 1. The van der Waals surface area contributed by atoms with Crippen LogP contribution in [0.3, 0.4) is 0 Å². The van der Waals surface area contributed by atoms with Crippen molar-refractivity contribution in [3.63, 3.8) is 0 Å². The van der Waals surface area contributed by atoms with Gasteiger partial charge in [-0.3, -0.25) is 0 Å². The molecule has 1 nitrogen and oxygen atoms in total. The number of rotatable bonds is 2. The van der Waals surface area contributed by atoms with Gasteiger partial charge in [-0.2, -0.15) is 0 Å². The summed E-state index contributed by atoms with van der Waals surface area (Å²) in [5.74, 6) is 0. The van der Waals surface area contributed by atoms with Gasteiger partial charge in [0.25, 0.3) is 0 Å². The minimum absolute atomic E-state index is 0.0347. The molecule has 0 unspecified atom stereocenters. The van der Waals surface area contributed by atoms with E-state index in [1.165, 1.54) is 0 Å². The first-order chi connectivity index (χ1) is 3.81. The van der Waals surface area contributed by atoms with Crippen LogP contribution in [0.4, 0.5) is 0 Å². The summed E-state index contributed by atoms with van der Waals surface area (Å²) in [7, 11) is 3.11.